The van der Waals surface area contributed by atoms with E-state index in [-0.39, 0.29) is 11.7 Å². The summed E-state index contributed by atoms with van der Waals surface area (Å²) in [5, 5.41) is 12.1. The first-order valence-corrected chi connectivity index (χ1v) is 6.51. The maximum atomic E-state index is 11.9. The normalized spacial score (nSPS) is 10.6. The highest BCUT2D eigenvalue weighted by Gasteiger charge is 2.02. The Morgan fingerprint density at radius 2 is 1.90 bits per heavy atom. The van der Waals surface area contributed by atoms with Gasteiger partial charge in [0.1, 0.15) is 11.5 Å². The van der Waals surface area contributed by atoms with Crippen molar-refractivity contribution in [2.45, 2.75) is 6.92 Å². The van der Waals surface area contributed by atoms with Crippen LogP contribution < -0.4 is 10.1 Å². The lowest BCUT2D eigenvalue weighted by Crippen LogP contribution is -2.08. The summed E-state index contributed by atoms with van der Waals surface area (Å²) >= 11 is 0. The number of aryl methyl sites for hydroxylation is 1. The van der Waals surface area contributed by atoms with Crippen molar-refractivity contribution in [3.05, 3.63) is 59.7 Å². The predicted molar refractivity (Wildman–Crippen MR) is 83.5 cm³/mol. The second kappa shape index (κ2) is 6.61. The number of rotatable bonds is 4. The molecule has 21 heavy (non-hydrogen) atoms. The molecule has 4 heteroatoms. The van der Waals surface area contributed by atoms with Gasteiger partial charge < -0.3 is 15.2 Å². The van der Waals surface area contributed by atoms with Gasteiger partial charge in [0.25, 0.3) is 0 Å². The van der Waals surface area contributed by atoms with E-state index in [4.69, 9.17) is 4.74 Å². The van der Waals surface area contributed by atoms with Crippen molar-refractivity contribution in [3.63, 3.8) is 0 Å². The van der Waals surface area contributed by atoms with Gasteiger partial charge in [0.05, 0.1) is 7.11 Å². The highest BCUT2D eigenvalue weighted by atomic mass is 16.5. The van der Waals surface area contributed by atoms with Gasteiger partial charge in [-0.25, -0.2) is 0 Å². The quantitative estimate of drug-likeness (QED) is 0.668. The fourth-order valence-corrected chi connectivity index (χ4v) is 1.85. The molecule has 0 unspecified atom stereocenters. The zero-order valence-electron chi connectivity index (χ0n) is 12.0. The van der Waals surface area contributed by atoms with Crippen LogP contribution in [0.3, 0.4) is 0 Å². The van der Waals surface area contributed by atoms with Gasteiger partial charge in [0, 0.05) is 11.8 Å². The lowest BCUT2D eigenvalue weighted by molar-refractivity contribution is -0.111. The maximum Gasteiger partial charge on any atom is 0.248 e. The third-order valence-corrected chi connectivity index (χ3v) is 3.01. The van der Waals surface area contributed by atoms with Crippen molar-refractivity contribution in [3.8, 4) is 11.5 Å². The Kier molecular flexibility index (Phi) is 4.61. The fourth-order valence-electron chi connectivity index (χ4n) is 1.85. The molecule has 0 atom stereocenters. The Morgan fingerprint density at radius 3 is 2.52 bits per heavy atom. The number of hydrogen-bond acceptors (Lipinski definition) is 3. The van der Waals surface area contributed by atoms with Crippen molar-refractivity contribution in [2.75, 3.05) is 12.4 Å². The second-order valence-corrected chi connectivity index (χ2v) is 4.59. The molecule has 4 nitrogen and oxygen atoms in total. The number of nitrogens with one attached hydrogen (secondary N) is 1. The van der Waals surface area contributed by atoms with E-state index in [1.54, 1.807) is 25.3 Å². The molecule has 0 bridgehead atoms. The first-order valence-electron chi connectivity index (χ1n) is 6.51. The minimum atomic E-state index is -0.223. The number of aromatic hydroxyl groups is 1. The first-order chi connectivity index (χ1) is 10.1. The van der Waals surface area contributed by atoms with Crippen LogP contribution in [0, 0.1) is 6.92 Å². The largest absolute Gasteiger partial charge is 0.508 e. The van der Waals surface area contributed by atoms with Gasteiger partial charge in [-0.3, -0.25) is 4.79 Å². The molecular formula is C17H17NO3. The zero-order chi connectivity index (χ0) is 15.2. The van der Waals surface area contributed by atoms with Crippen LogP contribution in [0.2, 0.25) is 0 Å². The van der Waals surface area contributed by atoms with Crippen molar-refractivity contribution >= 4 is 17.7 Å². The van der Waals surface area contributed by atoms with Crippen molar-refractivity contribution < 1.29 is 14.6 Å². The van der Waals surface area contributed by atoms with Gasteiger partial charge in [-0.1, -0.05) is 12.1 Å². The Morgan fingerprint density at radius 1 is 1.19 bits per heavy atom. The average Bonchev–Trinajstić information content (AvgIpc) is 2.48. The average molecular weight is 283 g/mol. The molecule has 2 rings (SSSR count). The van der Waals surface area contributed by atoms with E-state index in [0.717, 1.165) is 16.9 Å². The van der Waals surface area contributed by atoms with E-state index >= 15 is 0 Å². The van der Waals surface area contributed by atoms with Gasteiger partial charge in [0.15, 0.2) is 0 Å². The molecule has 0 saturated carbocycles. The van der Waals surface area contributed by atoms with Crippen molar-refractivity contribution in [2.24, 2.45) is 0 Å². The SMILES string of the molecule is COc1ccc(C=CC(=O)Nc2ccc(O)cc2C)cc1. The van der Waals surface area contributed by atoms with Gasteiger partial charge in [0.2, 0.25) is 5.91 Å². The predicted octanol–water partition coefficient (Wildman–Crippen LogP) is 3.36. The van der Waals surface area contributed by atoms with Gasteiger partial charge in [-0.05, 0) is 54.5 Å². The molecule has 0 aliphatic rings. The summed E-state index contributed by atoms with van der Waals surface area (Å²) in [6.07, 6.45) is 3.19. The van der Waals surface area contributed by atoms with Gasteiger partial charge in [-0.2, -0.15) is 0 Å². The van der Waals surface area contributed by atoms with Crippen LogP contribution in [0.4, 0.5) is 5.69 Å². The summed E-state index contributed by atoms with van der Waals surface area (Å²) in [7, 11) is 1.61. The number of hydrogen-bond donors (Lipinski definition) is 2. The molecule has 0 radical (unpaired) electrons. The van der Waals surface area contributed by atoms with Crippen molar-refractivity contribution in [1.29, 1.82) is 0 Å². The van der Waals surface area contributed by atoms with Gasteiger partial charge >= 0.3 is 0 Å². The van der Waals surface area contributed by atoms with Crippen LogP contribution in [0.1, 0.15) is 11.1 Å². The Hall–Kier alpha value is -2.75. The minimum absolute atomic E-state index is 0.180. The van der Waals surface area contributed by atoms with E-state index in [1.807, 2.05) is 31.2 Å². The van der Waals surface area contributed by atoms with Gasteiger partial charge in [-0.15, -0.1) is 0 Å². The molecule has 0 aliphatic carbocycles. The Balaban J connectivity index is 2.01. The summed E-state index contributed by atoms with van der Waals surface area (Å²) in [6, 6.07) is 12.2. The number of benzene rings is 2. The minimum Gasteiger partial charge on any atom is -0.508 e. The third-order valence-electron chi connectivity index (χ3n) is 3.01. The van der Waals surface area contributed by atoms with Crippen LogP contribution in [-0.4, -0.2) is 18.1 Å². The molecule has 0 aliphatic heterocycles. The molecule has 2 aromatic rings. The lowest BCUT2D eigenvalue weighted by Gasteiger charge is -2.06. The van der Waals surface area contributed by atoms with Crippen LogP contribution in [0.15, 0.2) is 48.5 Å². The smallest absolute Gasteiger partial charge is 0.248 e. The molecule has 0 aromatic heterocycles. The lowest BCUT2D eigenvalue weighted by atomic mass is 10.2. The maximum absolute atomic E-state index is 11.9. The molecule has 0 heterocycles. The molecule has 0 fully saturated rings. The first kappa shape index (κ1) is 14.7. The molecule has 2 N–H and O–H groups in total. The second-order valence-electron chi connectivity index (χ2n) is 4.59. The molecule has 1 amide bonds. The monoisotopic (exact) mass is 283 g/mol. The van der Waals surface area contributed by atoms with E-state index in [0.29, 0.717) is 5.69 Å². The molecule has 108 valence electrons. The number of anilines is 1. The molecular weight excluding hydrogens is 266 g/mol. The standard InChI is InChI=1S/C17H17NO3/c1-12-11-14(19)6-9-16(12)18-17(20)10-5-13-3-7-15(21-2)8-4-13/h3-11,19H,1-2H3,(H,18,20). The van der Waals surface area contributed by atoms with Crippen LogP contribution in [0.25, 0.3) is 6.08 Å². The number of methoxy groups -OCH3 is 1. The van der Waals surface area contributed by atoms with Crippen LogP contribution in [0.5, 0.6) is 11.5 Å². The van der Waals surface area contributed by atoms with Crippen LogP contribution in [-0.2, 0) is 4.79 Å². The summed E-state index contributed by atoms with van der Waals surface area (Å²) in [4.78, 5) is 11.9. The van der Waals surface area contributed by atoms with E-state index in [2.05, 4.69) is 5.32 Å². The molecule has 0 saturated heterocycles. The van der Waals surface area contributed by atoms with E-state index in [9.17, 15) is 9.90 Å². The zero-order valence-corrected chi connectivity index (χ0v) is 12.0. The summed E-state index contributed by atoms with van der Waals surface area (Å²) < 4.78 is 5.07. The van der Waals surface area contributed by atoms with Crippen molar-refractivity contribution in [1.82, 2.24) is 0 Å². The number of ether oxygens (including phenoxy) is 1. The number of carbonyl (C=O) groups is 1. The van der Waals surface area contributed by atoms with E-state index < -0.39 is 0 Å². The highest BCUT2D eigenvalue weighted by molar-refractivity contribution is 6.02. The molecule has 0 spiro atoms. The number of phenols is 1. The Bertz CT molecular complexity index is 660. The topological polar surface area (TPSA) is 58.6 Å². The van der Waals surface area contributed by atoms with Crippen LogP contribution >= 0.6 is 0 Å². The fraction of sp³-hybridized carbons (Fsp3) is 0.118. The summed E-state index contributed by atoms with van der Waals surface area (Å²) in [5.41, 5.74) is 2.40. The summed E-state index contributed by atoms with van der Waals surface area (Å²) in [5.74, 6) is 0.732. The molecule has 2 aromatic carbocycles. The number of carbonyl (C=O) groups excluding carboxylic acids is 1. The van der Waals surface area contributed by atoms with E-state index in [1.165, 1.54) is 12.1 Å². The Labute approximate surface area is 123 Å². The number of phenolic OH excluding ortho intramolecular Hbond substituents is 1. The summed E-state index contributed by atoms with van der Waals surface area (Å²) in [6.45, 7) is 1.82. The third kappa shape index (κ3) is 4.11. The number of amides is 1. The highest BCUT2D eigenvalue weighted by Crippen LogP contribution is 2.20.